The smallest absolute Gasteiger partial charge is 0.245 e. The van der Waals surface area contributed by atoms with Gasteiger partial charge in [0.05, 0.1) is 0 Å². The maximum atomic E-state index is 11.0. The fourth-order valence-electron chi connectivity index (χ4n) is 1.36. The normalized spacial score (nSPS) is 36.6. The maximum Gasteiger partial charge on any atom is 0.246 e. The van der Waals surface area contributed by atoms with Crippen LogP contribution in [0.5, 0.6) is 0 Å². The van der Waals surface area contributed by atoms with Crippen molar-refractivity contribution in [1.29, 1.82) is 0 Å². The van der Waals surface area contributed by atoms with Crippen molar-refractivity contribution in [2.45, 2.75) is 12.1 Å². The topological polar surface area (TPSA) is 32.1 Å². The van der Waals surface area contributed by atoms with Crippen LogP contribution in [0.1, 0.15) is 0 Å². The zero-order valence-corrected chi connectivity index (χ0v) is 5.53. The van der Waals surface area contributed by atoms with Crippen LogP contribution in [0.4, 0.5) is 0 Å². The van der Waals surface area contributed by atoms with Gasteiger partial charge in [-0.15, -0.1) is 0 Å². The number of nitrogens with zero attached hydrogens (tertiary/aromatic N) is 1. The summed E-state index contributed by atoms with van der Waals surface area (Å²) in [6.07, 6.45) is 7.83. The van der Waals surface area contributed by atoms with E-state index in [0.29, 0.717) is 6.67 Å². The van der Waals surface area contributed by atoms with Gasteiger partial charge in [-0.05, 0) is 6.08 Å². The Morgan fingerprint density at radius 3 is 3.00 bits per heavy atom. The second-order valence-electron chi connectivity index (χ2n) is 2.57. The Balaban J connectivity index is 2.27. The molecule has 2 unspecified atom stereocenters. The third kappa shape index (κ3) is 0.708. The average molecular weight is 137 g/mol. The number of hydrogen-bond donors (Lipinski definition) is 1. The highest BCUT2D eigenvalue weighted by Crippen LogP contribution is 2.12. The summed E-state index contributed by atoms with van der Waals surface area (Å²) in [5.74, 6) is 0. The molecule has 10 heavy (non-hydrogen) atoms. The van der Waals surface area contributed by atoms with E-state index < -0.39 is 0 Å². The van der Waals surface area contributed by atoms with Gasteiger partial charge >= 0.3 is 0 Å². The molecule has 0 radical (unpaired) electrons. The fraction of sp³-hybridized carbons (Fsp3) is 0.429. The van der Waals surface area contributed by atoms with Crippen LogP contribution in [0.3, 0.4) is 0 Å². The number of nitroso groups, excluding NO2 is 1. The lowest BCUT2D eigenvalue weighted by atomic mass is 10.1. The summed E-state index contributed by atoms with van der Waals surface area (Å²) in [6, 6.07) is 0.271. The Hall–Kier alpha value is -0.960. The monoisotopic (exact) mass is 137 g/mol. The van der Waals surface area contributed by atoms with Crippen LogP contribution in [-0.2, 0) is 0 Å². The summed E-state index contributed by atoms with van der Waals surface area (Å²) in [7, 11) is 0. The minimum atomic E-state index is 0.0324. The van der Waals surface area contributed by atoms with E-state index in [0.717, 1.165) is 4.76 Å². The van der Waals surface area contributed by atoms with Crippen molar-refractivity contribution in [2.24, 2.45) is 0 Å². The molecule has 2 rings (SSSR count). The molecule has 0 amide bonds. The third-order valence-electron chi connectivity index (χ3n) is 1.92. The number of rotatable bonds is 0. The molecule has 3 heteroatoms. The molecule has 0 aromatic rings. The minimum Gasteiger partial charge on any atom is -0.245 e. The van der Waals surface area contributed by atoms with Gasteiger partial charge in [0, 0.05) is 9.67 Å². The highest BCUT2D eigenvalue weighted by atomic mass is 16.3. The number of fused-ring (bicyclic) bond motifs is 1. The van der Waals surface area contributed by atoms with Gasteiger partial charge in [-0.25, -0.2) is 5.32 Å². The van der Waals surface area contributed by atoms with Crippen LogP contribution < -0.4 is 5.32 Å². The van der Waals surface area contributed by atoms with Gasteiger partial charge < -0.3 is 0 Å². The lowest BCUT2D eigenvalue weighted by molar-refractivity contribution is -0.555. The molecule has 52 valence electrons. The first kappa shape index (κ1) is 5.80. The third-order valence-corrected chi connectivity index (χ3v) is 1.92. The van der Waals surface area contributed by atoms with Crippen LogP contribution in [0.25, 0.3) is 0 Å². The Labute approximate surface area is 59.0 Å². The van der Waals surface area contributed by atoms with Crippen molar-refractivity contribution >= 4 is 0 Å². The van der Waals surface area contributed by atoms with Gasteiger partial charge in [0.2, 0.25) is 12.7 Å². The zero-order valence-electron chi connectivity index (χ0n) is 5.53. The maximum absolute atomic E-state index is 11.0. The van der Waals surface area contributed by atoms with E-state index in [1.165, 1.54) is 0 Å². The Morgan fingerprint density at radius 2 is 2.20 bits per heavy atom. The highest BCUT2D eigenvalue weighted by molar-refractivity contribution is 5.18. The molecular formula is C7H9N2O+. The van der Waals surface area contributed by atoms with E-state index in [-0.39, 0.29) is 12.1 Å². The van der Waals surface area contributed by atoms with Crippen molar-refractivity contribution < 1.29 is 4.76 Å². The first-order chi connectivity index (χ1) is 4.88. The van der Waals surface area contributed by atoms with Gasteiger partial charge in [0.25, 0.3) is 0 Å². The van der Waals surface area contributed by atoms with E-state index >= 15 is 0 Å². The van der Waals surface area contributed by atoms with Gasteiger partial charge in [0.15, 0.2) is 0 Å². The van der Waals surface area contributed by atoms with Crippen molar-refractivity contribution in [3.8, 4) is 0 Å². The quantitative estimate of drug-likeness (QED) is 0.483. The van der Waals surface area contributed by atoms with E-state index in [1.54, 1.807) is 0 Å². The number of hydrogen-bond acceptors (Lipinski definition) is 2. The van der Waals surface area contributed by atoms with E-state index in [1.807, 2.05) is 24.3 Å². The summed E-state index contributed by atoms with van der Waals surface area (Å²) >= 11 is 0. The average Bonchev–Trinajstić information content (AvgIpc) is 2.34. The van der Waals surface area contributed by atoms with Gasteiger partial charge in [0.1, 0.15) is 6.04 Å². The molecule has 0 aromatic carbocycles. The van der Waals surface area contributed by atoms with Crippen molar-refractivity contribution in [3.05, 3.63) is 29.2 Å². The predicted octanol–water partition coefficient (Wildman–Crippen LogP) is 0.189. The van der Waals surface area contributed by atoms with Crippen LogP contribution in [-0.4, -0.2) is 23.5 Å². The summed E-state index contributed by atoms with van der Waals surface area (Å²) < 4.78 is 1.06. The first-order valence-corrected chi connectivity index (χ1v) is 3.40. The predicted molar refractivity (Wildman–Crippen MR) is 37.5 cm³/mol. The van der Waals surface area contributed by atoms with E-state index in [9.17, 15) is 4.91 Å². The largest absolute Gasteiger partial charge is 0.246 e. The minimum absolute atomic E-state index is 0.0324. The van der Waals surface area contributed by atoms with Gasteiger partial charge in [-0.1, -0.05) is 18.2 Å². The van der Waals surface area contributed by atoms with Gasteiger partial charge in [-0.2, -0.15) is 0 Å². The molecular weight excluding hydrogens is 128 g/mol. The van der Waals surface area contributed by atoms with Crippen LogP contribution >= 0.6 is 0 Å². The van der Waals surface area contributed by atoms with Crippen LogP contribution in [0, 0.1) is 4.91 Å². The lowest BCUT2D eigenvalue weighted by Crippen LogP contribution is -2.29. The van der Waals surface area contributed by atoms with Crippen LogP contribution in [0.15, 0.2) is 24.3 Å². The Kier molecular flexibility index (Phi) is 1.17. The second-order valence-corrected chi connectivity index (χ2v) is 2.57. The van der Waals surface area contributed by atoms with Crippen molar-refractivity contribution in [1.82, 2.24) is 5.32 Å². The molecule has 2 aliphatic rings. The van der Waals surface area contributed by atoms with Gasteiger partial charge in [-0.3, -0.25) is 0 Å². The number of nitrogens with one attached hydrogen (secondary N) is 1. The van der Waals surface area contributed by atoms with E-state index in [2.05, 4.69) is 5.32 Å². The molecule has 0 saturated carbocycles. The summed E-state index contributed by atoms with van der Waals surface area (Å²) in [4.78, 5) is 11.0. The highest BCUT2D eigenvalue weighted by Gasteiger charge is 2.38. The molecule has 1 saturated heterocycles. The molecule has 0 aromatic heterocycles. The summed E-state index contributed by atoms with van der Waals surface area (Å²) in [5, 5.41) is 3.08. The number of allylic oxidation sites excluding steroid dienone is 2. The zero-order chi connectivity index (χ0) is 6.97. The summed E-state index contributed by atoms with van der Waals surface area (Å²) in [5.41, 5.74) is 0. The van der Waals surface area contributed by atoms with Crippen LogP contribution in [0.2, 0.25) is 0 Å². The molecule has 1 heterocycles. The van der Waals surface area contributed by atoms with E-state index in [4.69, 9.17) is 0 Å². The Morgan fingerprint density at radius 1 is 1.40 bits per heavy atom. The SMILES string of the molecule is O=[N+]1CNC2C=CC=CC21. The van der Waals surface area contributed by atoms with Crippen molar-refractivity contribution in [3.63, 3.8) is 0 Å². The molecule has 1 fully saturated rings. The lowest BCUT2D eigenvalue weighted by Gasteiger charge is -2.05. The Bertz CT molecular complexity index is 220. The molecule has 1 aliphatic carbocycles. The first-order valence-electron chi connectivity index (χ1n) is 3.40. The fourth-order valence-corrected chi connectivity index (χ4v) is 1.36. The molecule has 3 nitrogen and oxygen atoms in total. The molecule has 0 bridgehead atoms. The molecule has 0 spiro atoms. The standard InChI is InChI=1S/C7H9N2O/c10-9-5-8-6-3-1-2-4-7(6)9/h1-4,6-8H,5H2/q+1. The second kappa shape index (κ2) is 2.02. The van der Waals surface area contributed by atoms with Crippen molar-refractivity contribution in [2.75, 3.05) is 6.67 Å². The molecule has 1 N–H and O–H groups in total. The summed E-state index contributed by atoms with van der Waals surface area (Å²) in [6.45, 7) is 0.448. The molecule has 1 aliphatic heterocycles. The molecule has 2 atom stereocenters.